The molecule has 1 N–H and O–H groups in total. The third-order valence-electron chi connectivity index (χ3n) is 5.77. The number of rotatable bonds is 5. The second-order valence-corrected chi connectivity index (χ2v) is 9.03. The van der Waals surface area contributed by atoms with Gasteiger partial charge in [-0.05, 0) is 72.7 Å². The maximum Gasteiger partial charge on any atom is 0.174 e. The normalized spacial score (nSPS) is 18.1. The lowest BCUT2D eigenvalue weighted by atomic mass is 10.0. The molecule has 4 aromatic rings. The molecule has 2 aromatic carbocycles. The van der Waals surface area contributed by atoms with Crippen molar-refractivity contribution >= 4 is 38.9 Å². The zero-order valence-corrected chi connectivity index (χ0v) is 19.9. The molecule has 6 heteroatoms. The molecule has 4 nitrogen and oxygen atoms in total. The third kappa shape index (κ3) is 3.96. The molecule has 32 heavy (non-hydrogen) atoms. The minimum atomic E-state index is -0.158. The molecule has 1 aliphatic heterocycles. The van der Waals surface area contributed by atoms with Gasteiger partial charge in [0, 0.05) is 21.9 Å². The monoisotopic (exact) mass is 503 g/mol. The van der Waals surface area contributed by atoms with Gasteiger partial charge in [-0.3, -0.25) is 4.98 Å². The fourth-order valence-electron chi connectivity index (χ4n) is 4.10. The van der Waals surface area contributed by atoms with Gasteiger partial charge < -0.3 is 14.6 Å². The quantitative estimate of drug-likeness (QED) is 0.301. The van der Waals surface area contributed by atoms with E-state index in [1.165, 1.54) is 5.56 Å². The number of pyridine rings is 1. The number of hydrogen-bond acceptors (Lipinski definition) is 3. The summed E-state index contributed by atoms with van der Waals surface area (Å²) >= 11 is 9.29. The van der Waals surface area contributed by atoms with E-state index in [4.69, 9.17) is 16.6 Å². The molecule has 0 saturated carbocycles. The summed E-state index contributed by atoms with van der Waals surface area (Å²) in [5.74, 6) is 1.66. The molecule has 1 aliphatic rings. The zero-order chi connectivity index (χ0) is 22.1. The Morgan fingerprint density at radius 2 is 1.78 bits per heavy atom. The van der Waals surface area contributed by atoms with Gasteiger partial charge >= 0.3 is 0 Å². The van der Waals surface area contributed by atoms with Crippen LogP contribution in [0.1, 0.15) is 36.0 Å². The molecule has 0 spiro atoms. The van der Waals surface area contributed by atoms with Gasteiger partial charge in [0.15, 0.2) is 5.11 Å². The Morgan fingerprint density at radius 1 is 1.00 bits per heavy atom. The number of furan rings is 1. The second-order valence-electron chi connectivity index (χ2n) is 7.73. The first kappa shape index (κ1) is 20.9. The molecule has 0 aliphatic carbocycles. The first-order valence-electron chi connectivity index (χ1n) is 10.6. The fraction of sp³-hybridized carbons (Fsp3) is 0.154. The summed E-state index contributed by atoms with van der Waals surface area (Å²) in [6, 6.07) is 26.4. The standard InChI is InChI=1S/C26H22BrN3OS/c1-2-17-6-12-20(13-7-17)30-25(24(29-26(30)32)21-5-3-4-16-28-21)23-15-14-22(31-23)18-8-10-19(27)11-9-18/h3-16,24-25H,2H2,1H3,(H,29,32)/t24-,25+/m0/s1. The highest BCUT2D eigenvalue weighted by molar-refractivity contribution is 9.10. The summed E-state index contributed by atoms with van der Waals surface area (Å²) in [5.41, 5.74) is 4.28. The van der Waals surface area contributed by atoms with E-state index in [9.17, 15) is 0 Å². The van der Waals surface area contributed by atoms with E-state index in [1.807, 2.05) is 60.8 Å². The number of halogens is 1. The number of nitrogens with one attached hydrogen (secondary N) is 1. The van der Waals surface area contributed by atoms with E-state index >= 15 is 0 Å². The Balaban J connectivity index is 1.57. The van der Waals surface area contributed by atoms with Gasteiger partial charge in [0.2, 0.25) is 0 Å². The lowest BCUT2D eigenvalue weighted by Crippen LogP contribution is -2.29. The molecule has 160 valence electrons. The SMILES string of the molecule is CCc1ccc(N2C(=S)N[C@@H](c3ccccn3)[C@H]2c2ccc(-c3ccc(Br)cc3)o2)cc1. The Bertz CT molecular complexity index is 1220. The van der Waals surface area contributed by atoms with Gasteiger partial charge in [0.1, 0.15) is 17.6 Å². The van der Waals surface area contributed by atoms with Crippen molar-refractivity contribution in [2.75, 3.05) is 4.90 Å². The summed E-state index contributed by atoms with van der Waals surface area (Å²) in [4.78, 5) is 6.74. The van der Waals surface area contributed by atoms with Crippen LogP contribution in [0.2, 0.25) is 0 Å². The van der Waals surface area contributed by atoms with Gasteiger partial charge in [-0.25, -0.2) is 0 Å². The van der Waals surface area contributed by atoms with E-state index in [1.54, 1.807) is 0 Å². The topological polar surface area (TPSA) is 41.3 Å². The summed E-state index contributed by atoms with van der Waals surface area (Å²) < 4.78 is 7.44. The summed E-state index contributed by atoms with van der Waals surface area (Å²) in [6.45, 7) is 2.16. The zero-order valence-electron chi connectivity index (χ0n) is 17.5. The molecular weight excluding hydrogens is 482 g/mol. The minimum Gasteiger partial charge on any atom is -0.459 e. The smallest absolute Gasteiger partial charge is 0.174 e. The Labute approximate surface area is 201 Å². The van der Waals surface area contributed by atoms with Gasteiger partial charge in [0.25, 0.3) is 0 Å². The molecule has 1 fully saturated rings. The van der Waals surface area contributed by atoms with Gasteiger partial charge in [-0.15, -0.1) is 0 Å². The molecule has 0 radical (unpaired) electrons. The largest absolute Gasteiger partial charge is 0.459 e. The van der Waals surface area contributed by atoms with Gasteiger partial charge in [0.05, 0.1) is 11.7 Å². The molecule has 2 aromatic heterocycles. The molecule has 5 rings (SSSR count). The average Bonchev–Trinajstić information content (AvgIpc) is 3.45. The van der Waals surface area contributed by atoms with Crippen molar-refractivity contribution in [3.63, 3.8) is 0 Å². The van der Waals surface area contributed by atoms with Crippen LogP contribution >= 0.6 is 28.1 Å². The van der Waals surface area contributed by atoms with E-state index < -0.39 is 0 Å². The van der Waals surface area contributed by atoms with E-state index in [0.717, 1.165) is 39.4 Å². The van der Waals surface area contributed by atoms with E-state index in [0.29, 0.717) is 5.11 Å². The highest BCUT2D eigenvalue weighted by Crippen LogP contribution is 2.43. The second kappa shape index (κ2) is 8.88. The maximum atomic E-state index is 6.41. The van der Waals surface area contributed by atoms with Crippen LogP contribution in [0, 0.1) is 0 Å². The Hall–Kier alpha value is -2.96. The van der Waals surface area contributed by atoms with Crippen LogP contribution in [-0.4, -0.2) is 10.1 Å². The number of thiocarbonyl (C=S) groups is 1. The van der Waals surface area contributed by atoms with Gasteiger partial charge in [-0.2, -0.15) is 0 Å². The van der Waals surface area contributed by atoms with Crippen LogP contribution in [0.15, 0.2) is 93.9 Å². The number of nitrogens with zero attached hydrogens (tertiary/aromatic N) is 2. The number of benzene rings is 2. The van der Waals surface area contributed by atoms with Crippen LogP contribution in [-0.2, 0) is 6.42 Å². The molecule has 3 heterocycles. The highest BCUT2D eigenvalue weighted by atomic mass is 79.9. The van der Waals surface area contributed by atoms with Crippen molar-refractivity contribution < 1.29 is 4.42 Å². The molecular formula is C26H22BrN3OS. The lowest BCUT2D eigenvalue weighted by molar-refractivity contribution is 0.439. The van der Waals surface area contributed by atoms with Crippen molar-refractivity contribution in [2.24, 2.45) is 0 Å². The van der Waals surface area contributed by atoms with Crippen LogP contribution < -0.4 is 10.2 Å². The number of hydrogen-bond donors (Lipinski definition) is 1. The number of aromatic nitrogens is 1. The van der Waals surface area contributed by atoms with Crippen LogP contribution in [0.4, 0.5) is 5.69 Å². The van der Waals surface area contributed by atoms with E-state index in [-0.39, 0.29) is 12.1 Å². The van der Waals surface area contributed by atoms with Crippen LogP contribution in [0.25, 0.3) is 11.3 Å². The molecule has 2 atom stereocenters. The number of aryl methyl sites for hydroxylation is 1. The minimum absolute atomic E-state index is 0.126. The van der Waals surface area contributed by atoms with Crippen molar-refractivity contribution in [3.8, 4) is 11.3 Å². The maximum absolute atomic E-state index is 6.41. The fourth-order valence-corrected chi connectivity index (χ4v) is 4.71. The van der Waals surface area contributed by atoms with Crippen molar-refractivity contribution in [3.05, 3.63) is 107 Å². The summed E-state index contributed by atoms with van der Waals surface area (Å²) in [7, 11) is 0. The first-order chi connectivity index (χ1) is 15.6. The Kier molecular flexibility index (Phi) is 5.81. The van der Waals surface area contributed by atoms with Crippen molar-refractivity contribution in [1.82, 2.24) is 10.3 Å². The number of anilines is 1. The molecule has 0 amide bonds. The lowest BCUT2D eigenvalue weighted by Gasteiger charge is -2.26. The average molecular weight is 504 g/mol. The summed E-state index contributed by atoms with van der Waals surface area (Å²) in [5, 5.41) is 4.14. The van der Waals surface area contributed by atoms with Crippen LogP contribution in [0.5, 0.6) is 0 Å². The van der Waals surface area contributed by atoms with E-state index in [2.05, 4.69) is 62.3 Å². The summed E-state index contributed by atoms with van der Waals surface area (Å²) in [6.07, 6.45) is 2.81. The van der Waals surface area contributed by atoms with Crippen molar-refractivity contribution in [1.29, 1.82) is 0 Å². The molecule has 0 bridgehead atoms. The van der Waals surface area contributed by atoms with Gasteiger partial charge in [-0.1, -0.05) is 53.2 Å². The van der Waals surface area contributed by atoms with Crippen LogP contribution in [0.3, 0.4) is 0 Å². The van der Waals surface area contributed by atoms with Crippen molar-refractivity contribution in [2.45, 2.75) is 25.4 Å². The third-order valence-corrected chi connectivity index (χ3v) is 6.61. The molecule has 0 unspecified atom stereocenters. The Morgan fingerprint density at radius 3 is 2.47 bits per heavy atom. The highest BCUT2D eigenvalue weighted by Gasteiger charge is 2.42. The first-order valence-corrected chi connectivity index (χ1v) is 11.8. The molecule has 1 saturated heterocycles. The predicted molar refractivity (Wildman–Crippen MR) is 136 cm³/mol. The predicted octanol–water partition coefficient (Wildman–Crippen LogP) is 6.84.